The highest BCUT2D eigenvalue weighted by atomic mass is 19.1. The van der Waals surface area contributed by atoms with Gasteiger partial charge in [-0.2, -0.15) is 0 Å². The van der Waals surface area contributed by atoms with Crippen LogP contribution in [0.1, 0.15) is 56.8 Å². The molecule has 3 aromatic rings. The summed E-state index contributed by atoms with van der Waals surface area (Å²) >= 11 is 0. The third kappa shape index (κ3) is 5.54. The smallest absolute Gasteiger partial charge is 0.252 e. The van der Waals surface area contributed by atoms with Crippen molar-refractivity contribution in [3.05, 3.63) is 47.9 Å². The van der Waals surface area contributed by atoms with Crippen LogP contribution in [-0.2, 0) is 4.79 Å². The number of fused-ring (bicyclic) bond motifs is 1. The molecule has 2 atom stereocenters. The molecule has 2 unspecified atom stereocenters. The van der Waals surface area contributed by atoms with Crippen LogP contribution >= 0.6 is 0 Å². The molecule has 0 aliphatic heterocycles. The number of nitrogens with one attached hydrogen (secondary N) is 3. The SMILES string of the molecule is CC(C)(C)C(=O)Nc1cccc2cc(Nc3nc(NC4CCCCC4N)c(F)cc3C(N)=O)cnc12. The molecule has 1 aromatic carbocycles. The molecule has 1 fully saturated rings. The summed E-state index contributed by atoms with van der Waals surface area (Å²) in [7, 11) is 0. The molecule has 1 saturated carbocycles. The molecule has 0 spiro atoms. The number of halogens is 1. The van der Waals surface area contributed by atoms with Gasteiger partial charge in [0.05, 0.1) is 28.7 Å². The first-order chi connectivity index (χ1) is 17.0. The fourth-order valence-corrected chi connectivity index (χ4v) is 4.16. The van der Waals surface area contributed by atoms with Gasteiger partial charge in [0.1, 0.15) is 5.82 Å². The van der Waals surface area contributed by atoms with Crippen LogP contribution in [0.4, 0.5) is 27.4 Å². The van der Waals surface area contributed by atoms with E-state index in [-0.39, 0.29) is 35.2 Å². The largest absolute Gasteiger partial charge is 0.365 e. The molecule has 0 saturated heterocycles. The van der Waals surface area contributed by atoms with E-state index in [9.17, 15) is 14.0 Å². The molecule has 4 rings (SSSR count). The van der Waals surface area contributed by atoms with Gasteiger partial charge in [-0.25, -0.2) is 9.37 Å². The summed E-state index contributed by atoms with van der Waals surface area (Å²) in [5, 5.41) is 9.82. The zero-order valence-electron chi connectivity index (χ0n) is 20.7. The van der Waals surface area contributed by atoms with E-state index in [2.05, 4.69) is 25.9 Å². The highest BCUT2D eigenvalue weighted by Gasteiger charge is 2.25. The Balaban J connectivity index is 1.64. The van der Waals surface area contributed by atoms with E-state index < -0.39 is 17.1 Å². The van der Waals surface area contributed by atoms with Crippen LogP contribution in [-0.4, -0.2) is 33.9 Å². The van der Waals surface area contributed by atoms with Gasteiger partial charge in [-0.05, 0) is 31.0 Å². The molecule has 10 heteroatoms. The lowest BCUT2D eigenvalue weighted by atomic mass is 9.91. The van der Waals surface area contributed by atoms with Crippen LogP contribution < -0.4 is 27.4 Å². The Morgan fingerprint density at radius 1 is 1.11 bits per heavy atom. The predicted molar refractivity (Wildman–Crippen MR) is 140 cm³/mol. The van der Waals surface area contributed by atoms with E-state index in [1.54, 1.807) is 18.3 Å². The molecule has 2 heterocycles. The van der Waals surface area contributed by atoms with E-state index in [1.807, 2.05) is 32.9 Å². The number of aromatic nitrogens is 2. The van der Waals surface area contributed by atoms with Crippen LogP contribution in [0.5, 0.6) is 0 Å². The first-order valence-electron chi connectivity index (χ1n) is 12.0. The van der Waals surface area contributed by atoms with Gasteiger partial charge in [0, 0.05) is 22.9 Å². The first-order valence-corrected chi connectivity index (χ1v) is 12.0. The molecule has 36 heavy (non-hydrogen) atoms. The molecule has 0 bridgehead atoms. The molecular formula is C26H32FN7O2. The topological polar surface area (TPSA) is 148 Å². The standard InChI is InChI=1S/C26H32FN7O2/c1-26(2,3)25(36)33-20-10-6-7-14-11-15(13-30-21(14)20)31-23-16(22(29)35)12-17(27)24(34-23)32-19-9-5-4-8-18(19)28/h6-7,10-13,18-19H,4-5,8-9,28H2,1-3H3,(H2,29,35)(H,33,36)(H2,31,32,34). The minimum Gasteiger partial charge on any atom is -0.365 e. The molecule has 0 radical (unpaired) electrons. The van der Waals surface area contributed by atoms with Crippen LogP contribution in [0.3, 0.4) is 0 Å². The number of hydrogen-bond donors (Lipinski definition) is 5. The summed E-state index contributed by atoms with van der Waals surface area (Å²) in [6.07, 6.45) is 5.25. The highest BCUT2D eigenvalue weighted by Crippen LogP contribution is 2.29. The predicted octanol–water partition coefficient (Wildman–Crippen LogP) is 4.28. The molecule has 7 N–H and O–H groups in total. The van der Waals surface area contributed by atoms with Gasteiger partial charge in [-0.1, -0.05) is 45.7 Å². The molecule has 1 aliphatic carbocycles. The lowest BCUT2D eigenvalue weighted by Gasteiger charge is -2.30. The number of carbonyl (C=O) groups is 2. The zero-order chi connectivity index (χ0) is 26.0. The van der Waals surface area contributed by atoms with Crippen LogP contribution in [0.15, 0.2) is 36.5 Å². The number of pyridine rings is 2. The van der Waals surface area contributed by atoms with Crippen molar-refractivity contribution in [2.75, 3.05) is 16.0 Å². The lowest BCUT2D eigenvalue weighted by Crippen LogP contribution is -2.43. The minimum atomic E-state index is -0.814. The first kappa shape index (κ1) is 25.3. The molecule has 1 aliphatic rings. The normalized spacial score (nSPS) is 18.0. The second-order valence-electron chi connectivity index (χ2n) is 10.2. The summed E-state index contributed by atoms with van der Waals surface area (Å²) in [6.45, 7) is 5.50. The van der Waals surface area contributed by atoms with E-state index in [4.69, 9.17) is 11.5 Å². The Kier molecular flexibility index (Phi) is 7.07. The Morgan fingerprint density at radius 3 is 2.56 bits per heavy atom. The average Bonchev–Trinajstić information content (AvgIpc) is 2.81. The third-order valence-electron chi connectivity index (χ3n) is 6.29. The van der Waals surface area contributed by atoms with Gasteiger partial charge in [-0.15, -0.1) is 0 Å². The van der Waals surface area contributed by atoms with Gasteiger partial charge in [0.15, 0.2) is 11.6 Å². The maximum atomic E-state index is 14.8. The van der Waals surface area contributed by atoms with E-state index in [0.29, 0.717) is 16.9 Å². The number of nitrogens with zero attached hydrogens (tertiary/aromatic N) is 2. The third-order valence-corrected chi connectivity index (χ3v) is 6.29. The van der Waals surface area contributed by atoms with Crippen molar-refractivity contribution in [1.29, 1.82) is 0 Å². The number of carbonyl (C=O) groups excluding carboxylic acids is 2. The second kappa shape index (κ2) is 10.1. The molecule has 190 valence electrons. The van der Waals surface area contributed by atoms with E-state index in [1.165, 1.54) is 0 Å². The van der Waals surface area contributed by atoms with Crippen molar-refractivity contribution < 1.29 is 14.0 Å². The Hall–Kier alpha value is -3.79. The van der Waals surface area contributed by atoms with Crippen molar-refractivity contribution >= 4 is 45.7 Å². The molecular weight excluding hydrogens is 461 g/mol. The lowest BCUT2D eigenvalue weighted by molar-refractivity contribution is -0.123. The number of primary amides is 1. The van der Waals surface area contributed by atoms with Crippen LogP contribution in [0.2, 0.25) is 0 Å². The van der Waals surface area contributed by atoms with Gasteiger partial charge < -0.3 is 27.4 Å². The summed E-state index contributed by atoms with van der Waals surface area (Å²) in [6, 6.07) is 8.10. The maximum Gasteiger partial charge on any atom is 0.252 e. The summed E-state index contributed by atoms with van der Waals surface area (Å²) in [5.41, 5.74) is 12.8. The Labute approximate surface area is 209 Å². The van der Waals surface area contributed by atoms with Crippen molar-refractivity contribution in [3.63, 3.8) is 0 Å². The summed E-state index contributed by atoms with van der Waals surface area (Å²) in [5.74, 6) is -1.51. The monoisotopic (exact) mass is 493 g/mol. The van der Waals surface area contributed by atoms with Crippen LogP contribution in [0, 0.1) is 11.2 Å². The van der Waals surface area contributed by atoms with Crippen molar-refractivity contribution in [2.24, 2.45) is 16.9 Å². The van der Waals surface area contributed by atoms with E-state index in [0.717, 1.165) is 37.1 Å². The average molecular weight is 494 g/mol. The number of nitrogens with two attached hydrogens (primary N) is 2. The minimum absolute atomic E-state index is 0.00535. The zero-order valence-corrected chi connectivity index (χ0v) is 20.7. The number of hydrogen-bond acceptors (Lipinski definition) is 7. The van der Waals surface area contributed by atoms with Gasteiger partial charge >= 0.3 is 0 Å². The summed E-state index contributed by atoms with van der Waals surface area (Å²) in [4.78, 5) is 33.3. The van der Waals surface area contributed by atoms with Crippen molar-refractivity contribution in [1.82, 2.24) is 9.97 Å². The maximum absolute atomic E-state index is 14.8. The number of para-hydroxylation sites is 1. The second-order valence-corrected chi connectivity index (χ2v) is 10.2. The van der Waals surface area contributed by atoms with Crippen LogP contribution in [0.25, 0.3) is 10.9 Å². The number of rotatable bonds is 6. The van der Waals surface area contributed by atoms with Crippen molar-refractivity contribution in [2.45, 2.75) is 58.5 Å². The Morgan fingerprint density at radius 2 is 1.86 bits per heavy atom. The number of benzene rings is 1. The molecule has 2 amide bonds. The van der Waals surface area contributed by atoms with Crippen molar-refractivity contribution in [3.8, 4) is 0 Å². The van der Waals surface area contributed by atoms with E-state index >= 15 is 0 Å². The summed E-state index contributed by atoms with van der Waals surface area (Å²) < 4.78 is 14.8. The van der Waals surface area contributed by atoms with Gasteiger partial charge in [0.2, 0.25) is 5.91 Å². The fraction of sp³-hybridized carbons (Fsp3) is 0.385. The molecule has 9 nitrogen and oxygen atoms in total. The van der Waals surface area contributed by atoms with Gasteiger partial charge in [-0.3, -0.25) is 14.6 Å². The number of anilines is 4. The fourth-order valence-electron chi connectivity index (χ4n) is 4.16. The van der Waals surface area contributed by atoms with Gasteiger partial charge in [0.25, 0.3) is 5.91 Å². The quantitative estimate of drug-likeness (QED) is 0.344. The molecule has 2 aromatic heterocycles. The number of amides is 2. The Bertz CT molecular complexity index is 1310. The highest BCUT2D eigenvalue weighted by molar-refractivity contribution is 6.03.